The molecule has 1 heterocycles. The third-order valence-corrected chi connectivity index (χ3v) is 3.17. The second kappa shape index (κ2) is 7.34. The molecule has 18 heavy (non-hydrogen) atoms. The molecule has 1 aliphatic heterocycles. The molecule has 1 saturated heterocycles. The first-order valence-corrected chi connectivity index (χ1v) is 6.66. The van der Waals surface area contributed by atoms with Crippen LogP contribution in [0.3, 0.4) is 0 Å². The van der Waals surface area contributed by atoms with Crippen LogP contribution in [0, 0.1) is 5.82 Å². The number of piperazine rings is 1. The smallest absolute Gasteiger partial charge is 0.165 e. The van der Waals surface area contributed by atoms with E-state index in [2.05, 4.69) is 10.2 Å². The first-order chi connectivity index (χ1) is 8.86. The van der Waals surface area contributed by atoms with Crippen molar-refractivity contribution in [1.29, 1.82) is 0 Å². The number of rotatable bonds is 6. The summed E-state index contributed by atoms with van der Waals surface area (Å²) in [6.45, 7) is 6.15. The fourth-order valence-corrected chi connectivity index (χ4v) is 2.12. The van der Waals surface area contributed by atoms with Gasteiger partial charge in [0.2, 0.25) is 0 Å². The lowest BCUT2D eigenvalue weighted by Crippen LogP contribution is -2.43. The monoisotopic (exact) mass is 252 g/mol. The lowest BCUT2D eigenvalue weighted by atomic mass is 10.2. The normalized spacial score (nSPS) is 16.7. The third-order valence-electron chi connectivity index (χ3n) is 3.17. The van der Waals surface area contributed by atoms with Crippen LogP contribution in [0.4, 0.5) is 4.39 Å². The Hall–Kier alpha value is -1.13. The Labute approximate surface area is 108 Å². The lowest BCUT2D eigenvalue weighted by molar-refractivity contribution is 0.224. The van der Waals surface area contributed by atoms with Gasteiger partial charge >= 0.3 is 0 Å². The number of para-hydroxylation sites is 1. The molecule has 1 aliphatic rings. The fraction of sp³-hybridized carbons (Fsp3) is 0.571. The molecule has 0 atom stereocenters. The quantitative estimate of drug-likeness (QED) is 0.783. The lowest BCUT2D eigenvalue weighted by Gasteiger charge is -2.26. The largest absolute Gasteiger partial charge is 0.491 e. The van der Waals surface area contributed by atoms with E-state index in [9.17, 15) is 4.39 Å². The molecule has 0 spiro atoms. The van der Waals surface area contributed by atoms with Gasteiger partial charge in [0.05, 0.1) is 6.61 Å². The van der Waals surface area contributed by atoms with Gasteiger partial charge in [0, 0.05) is 26.2 Å². The SMILES string of the molecule is Fc1ccccc1OCCCCN1CCNCC1. The summed E-state index contributed by atoms with van der Waals surface area (Å²) in [6.07, 6.45) is 2.08. The third kappa shape index (κ3) is 4.27. The average Bonchev–Trinajstić information content (AvgIpc) is 2.42. The van der Waals surface area contributed by atoms with Crippen LogP contribution >= 0.6 is 0 Å². The van der Waals surface area contributed by atoms with E-state index in [0.29, 0.717) is 12.4 Å². The molecule has 3 nitrogen and oxygen atoms in total. The van der Waals surface area contributed by atoms with E-state index in [1.807, 2.05) is 0 Å². The number of benzene rings is 1. The second-order valence-electron chi connectivity index (χ2n) is 4.58. The van der Waals surface area contributed by atoms with Crippen LogP contribution in [-0.2, 0) is 0 Å². The molecule has 0 amide bonds. The zero-order valence-corrected chi connectivity index (χ0v) is 10.7. The minimum Gasteiger partial charge on any atom is -0.491 e. The van der Waals surface area contributed by atoms with E-state index in [1.165, 1.54) is 6.07 Å². The van der Waals surface area contributed by atoms with E-state index < -0.39 is 0 Å². The molecular formula is C14H21FN2O. The Kier molecular flexibility index (Phi) is 5.42. The van der Waals surface area contributed by atoms with Gasteiger partial charge in [-0.3, -0.25) is 0 Å². The number of hydrogen-bond acceptors (Lipinski definition) is 3. The van der Waals surface area contributed by atoms with Crippen molar-refractivity contribution >= 4 is 0 Å². The van der Waals surface area contributed by atoms with Gasteiger partial charge in [-0.05, 0) is 31.5 Å². The maximum atomic E-state index is 13.2. The zero-order valence-electron chi connectivity index (χ0n) is 10.7. The van der Waals surface area contributed by atoms with Crippen molar-refractivity contribution in [3.8, 4) is 5.75 Å². The standard InChI is InChI=1S/C14H21FN2O/c15-13-5-1-2-6-14(13)18-12-4-3-9-17-10-7-16-8-11-17/h1-2,5-6,16H,3-4,7-12H2. The highest BCUT2D eigenvalue weighted by Crippen LogP contribution is 2.15. The van der Waals surface area contributed by atoms with Crippen LogP contribution in [0.2, 0.25) is 0 Å². The Morgan fingerprint density at radius 2 is 1.94 bits per heavy atom. The van der Waals surface area contributed by atoms with Crippen molar-refractivity contribution in [3.05, 3.63) is 30.1 Å². The molecule has 4 heteroatoms. The number of ether oxygens (including phenoxy) is 1. The summed E-state index contributed by atoms with van der Waals surface area (Å²) in [6, 6.07) is 6.56. The molecule has 0 unspecified atom stereocenters. The number of halogens is 1. The molecule has 100 valence electrons. The topological polar surface area (TPSA) is 24.5 Å². The summed E-state index contributed by atoms with van der Waals surface area (Å²) < 4.78 is 18.7. The van der Waals surface area contributed by atoms with Gasteiger partial charge in [-0.1, -0.05) is 12.1 Å². The van der Waals surface area contributed by atoms with Crippen molar-refractivity contribution in [2.24, 2.45) is 0 Å². The highest BCUT2D eigenvalue weighted by atomic mass is 19.1. The van der Waals surface area contributed by atoms with Gasteiger partial charge in [0.15, 0.2) is 11.6 Å². The maximum absolute atomic E-state index is 13.2. The van der Waals surface area contributed by atoms with Crippen molar-refractivity contribution in [3.63, 3.8) is 0 Å². The van der Waals surface area contributed by atoms with E-state index in [1.54, 1.807) is 18.2 Å². The summed E-state index contributed by atoms with van der Waals surface area (Å²) in [5.74, 6) is 0.0827. The molecule has 1 N–H and O–H groups in total. The van der Waals surface area contributed by atoms with Gasteiger partial charge in [0.1, 0.15) is 0 Å². The highest BCUT2D eigenvalue weighted by Gasteiger charge is 2.08. The summed E-state index contributed by atoms with van der Waals surface area (Å²) in [5.41, 5.74) is 0. The fourth-order valence-electron chi connectivity index (χ4n) is 2.12. The van der Waals surface area contributed by atoms with Gasteiger partial charge < -0.3 is 15.0 Å². The summed E-state index contributed by atoms with van der Waals surface area (Å²) in [4.78, 5) is 2.46. The zero-order chi connectivity index (χ0) is 12.6. The summed E-state index contributed by atoms with van der Waals surface area (Å²) in [5, 5.41) is 3.34. The molecule has 0 aliphatic carbocycles. The first kappa shape index (κ1) is 13.3. The molecule has 1 aromatic rings. The summed E-state index contributed by atoms with van der Waals surface area (Å²) >= 11 is 0. The van der Waals surface area contributed by atoms with Gasteiger partial charge in [-0.15, -0.1) is 0 Å². The van der Waals surface area contributed by atoms with Gasteiger partial charge in [-0.2, -0.15) is 0 Å². The Morgan fingerprint density at radius 1 is 1.17 bits per heavy atom. The maximum Gasteiger partial charge on any atom is 0.165 e. The average molecular weight is 252 g/mol. The molecule has 0 aromatic heterocycles. The second-order valence-corrected chi connectivity index (χ2v) is 4.58. The van der Waals surface area contributed by atoms with Crippen LogP contribution in [0.5, 0.6) is 5.75 Å². The van der Waals surface area contributed by atoms with Crippen molar-refractivity contribution in [1.82, 2.24) is 10.2 Å². The van der Waals surface area contributed by atoms with Crippen molar-refractivity contribution in [2.75, 3.05) is 39.3 Å². The molecule has 0 saturated carbocycles. The highest BCUT2D eigenvalue weighted by molar-refractivity contribution is 5.23. The minimum absolute atomic E-state index is 0.278. The summed E-state index contributed by atoms with van der Waals surface area (Å²) in [7, 11) is 0. The molecule has 0 bridgehead atoms. The number of hydrogen-bond donors (Lipinski definition) is 1. The van der Waals surface area contributed by atoms with Gasteiger partial charge in [0.25, 0.3) is 0 Å². The predicted octanol–water partition coefficient (Wildman–Crippen LogP) is 1.89. The number of nitrogens with zero attached hydrogens (tertiary/aromatic N) is 1. The van der Waals surface area contributed by atoms with Crippen LogP contribution < -0.4 is 10.1 Å². The van der Waals surface area contributed by atoms with Crippen LogP contribution in [-0.4, -0.2) is 44.2 Å². The Balaban J connectivity index is 1.57. The van der Waals surface area contributed by atoms with E-state index >= 15 is 0 Å². The van der Waals surface area contributed by atoms with E-state index in [0.717, 1.165) is 45.6 Å². The van der Waals surface area contributed by atoms with Crippen LogP contribution in [0.25, 0.3) is 0 Å². The van der Waals surface area contributed by atoms with E-state index in [4.69, 9.17) is 4.74 Å². The van der Waals surface area contributed by atoms with E-state index in [-0.39, 0.29) is 5.82 Å². The van der Waals surface area contributed by atoms with Gasteiger partial charge in [-0.25, -0.2) is 4.39 Å². The molecule has 2 rings (SSSR count). The molecule has 0 radical (unpaired) electrons. The molecule has 1 aromatic carbocycles. The number of unbranched alkanes of at least 4 members (excludes halogenated alkanes) is 1. The van der Waals surface area contributed by atoms with Crippen molar-refractivity contribution in [2.45, 2.75) is 12.8 Å². The minimum atomic E-state index is -0.278. The molecular weight excluding hydrogens is 231 g/mol. The van der Waals surface area contributed by atoms with Crippen LogP contribution in [0.15, 0.2) is 24.3 Å². The van der Waals surface area contributed by atoms with Crippen LogP contribution in [0.1, 0.15) is 12.8 Å². The number of nitrogens with one attached hydrogen (secondary N) is 1. The molecule has 1 fully saturated rings. The van der Waals surface area contributed by atoms with Crippen molar-refractivity contribution < 1.29 is 9.13 Å². The Morgan fingerprint density at radius 3 is 2.72 bits per heavy atom. The predicted molar refractivity (Wildman–Crippen MR) is 70.4 cm³/mol. The Bertz CT molecular complexity index is 353. The first-order valence-electron chi connectivity index (χ1n) is 6.66.